The Morgan fingerprint density at radius 2 is 1.96 bits per heavy atom. The minimum absolute atomic E-state index is 0.0278. The molecule has 0 aliphatic carbocycles. The maximum Gasteiger partial charge on any atom is 0.288 e. The van der Waals surface area contributed by atoms with Gasteiger partial charge in [0.15, 0.2) is 9.84 Å². The summed E-state index contributed by atoms with van der Waals surface area (Å²) in [5, 5.41) is 11.2. The first kappa shape index (κ1) is 18.2. The lowest BCUT2D eigenvalue weighted by atomic mass is 10.0. The molecule has 1 atom stereocenters. The van der Waals surface area contributed by atoms with Crippen LogP contribution in [0.1, 0.15) is 24.4 Å². The molecule has 138 valence electrons. The topological polar surface area (TPSA) is 89.8 Å². The van der Waals surface area contributed by atoms with Gasteiger partial charge in [0.05, 0.1) is 18.1 Å². The first-order valence-corrected chi connectivity index (χ1v) is 10.1. The van der Waals surface area contributed by atoms with Gasteiger partial charge in [0.2, 0.25) is 0 Å². The van der Waals surface area contributed by atoms with E-state index in [-0.39, 0.29) is 10.9 Å². The summed E-state index contributed by atoms with van der Waals surface area (Å²) in [7, 11) is -2.10. The van der Waals surface area contributed by atoms with Gasteiger partial charge in [-0.25, -0.2) is 8.42 Å². The predicted octanol–water partition coefficient (Wildman–Crippen LogP) is 3.35. The molecule has 8 heteroatoms. The van der Waals surface area contributed by atoms with E-state index in [2.05, 4.69) is 4.90 Å². The van der Waals surface area contributed by atoms with Crippen LogP contribution in [0, 0.1) is 10.1 Å². The van der Waals surface area contributed by atoms with Crippen LogP contribution in [0.2, 0.25) is 0 Å². The number of sulfone groups is 1. The molecule has 7 nitrogen and oxygen atoms in total. The molecular weight excluding hydrogens is 356 g/mol. The molecular formula is C18H20N2O5S. The molecule has 0 amide bonds. The van der Waals surface area contributed by atoms with Crippen LogP contribution in [0.25, 0.3) is 0 Å². The molecule has 1 fully saturated rings. The Bertz CT molecular complexity index is 942. The molecule has 26 heavy (non-hydrogen) atoms. The maximum atomic E-state index is 12.0. The molecule has 0 aromatic heterocycles. The van der Waals surface area contributed by atoms with Crippen molar-refractivity contribution in [2.45, 2.75) is 23.8 Å². The van der Waals surface area contributed by atoms with Crippen molar-refractivity contribution in [2.75, 3.05) is 24.8 Å². The highest BCUT2D eigenvalue weighted by Gasteiger charge is 2.31. The van der Waals surface area contributed by atoms with Crippen molar-refractivity contribution >= 4 is 21.2 Å². The molecule has 3 rings (SSSR count). The molecule has 2 aromatic rings. The summed E-state index contributed by atoms with van der Waals surface area (Å²) in [6.07, 6.45) is 2.82. The second-order valence-corrected chi connectivity index (χ2v) is 8.26. The molecule has 1 aliphatic heterocycles. The van der Waals surface area contributed by atoms with Crippen molar-refractivity contribution in [3.05, 3.63) is 58.1 Å². The Morgan fingerprint density at radius 1 is 1.23 bits per heavy atom. The highest BCUT2D eigenvalue weighted by atomic mass is 32.2. The number of hydrogen-bond donors (Lipinski definition) is 0. The number of nitro groups is 1. The average Bonchev–Trinajstić information content (AvgIpc) is 3.09. The van der Waals surface area contributed by atoms with Gasteiger partial charge in [-0.3, -0.25) is 10.1 Å². The molecule has 1 aliphatic rings. The van der Waals surface area contributed by atoms with Crippen molar-refractivity contribution < 1.29 is 18.1 Å². The molecule has 0 radical (unpaired) electrons. The largest absolute Gasteiger partial charge is 0.496 e. The van der Waals surface area contributed by atoms with Gasteiger partial charge in [-0.15, -0.1) is 0 Å². The highest BCUT2D eigenvalue weighted by Crippen LogP contribution is 2.41. The number of ether oxygens (including phenoxy) is 1. The second-order valence-electron chi connectivity index (χ2n) is 6.27. The van der Waals surface area contributed by atoms with Gasteiger partial charge in [-0.1, -0.05) is 18.2 Å². The van der Waals surface area contributed by atoms with Crippen molar-refractivity contribution in [1.82, 2.24) is 0 Å². The lowest BCUT2D eigenvalue weighted by Gasteiger charge is -2.28. The summed E-state index contributed by atoms with van der Waals surface area (Å²) in [5.74, 6) is 0.773. The van der Waals surface area contributed by atoms with Gasteiger partial charge in [0.1, 0.15) is 10.6 Å². The molecule has 1 heterocycles. The fraction of sp³-hybridized carbons (Fsp3) is 0.333. The standard InChI is InChI=1S/C18H20N2O5S/c1-25-17-8-4-3-6-14(17)15-7-5-11-19(15)13-9-10-16(20(21)22)18(12-13)26(2,23)24/h3-4,6,8-10,12,15H,5,7,11H2,1-2H3. The quantitative estimate of drug-likeness (QED) is 0.587. The second kappa shape index (κ2) is 6.95. The number of para-hydroxylation sites is 1. The van der Waals surface area contributed by atoms with E-state index in [0.29, 0.717) is 5.69 Å². The summed E-state index contributed by atoms with van der Waals surface area (Å²) < 4.78 is 29.5. The molecule has 1 unspecified atom stereocenters. The summed E-state index contributed by atoms with van der Waals surface area (Å²) in [6, 6.07) is 12.0. The van der Waals surface area contributed by atoms with Crippen LogP contribution in [-0.2, 0) is 9.84 Å². The minimum Gasteiger partial charge on any atom is -0.496 e. The van der Waals surface area contributed by atoms with E-state index in [1.807, 2.05) is 24.3 Å². The molecule has 0 spiro atoms. The third-order valence-corrected chi connectivity index (χ3v) is 5.75. The van der Waals surface area contributed by atoms with Crippen molar-refractivity contribution in [2.24, 2.45) is 0 Å². The fourth-order valence-electron chi connectivity index (χ4n) is 3.47. The maximum absolute atomic E-state index is 12.0. The first-order chi connectivity index (χ1) is 12.3. The zero-order chi connectivity index (χ0) is 18.9. The number of nitro benzene ring substituents is 1. The first-order valence-electron chi connectivity index (χ1n) is 8.21. The SMILES string of the molecule is COc1ccccc1C1CCCN1c1ccc([N+](=O)[O-])c(S(C)(=O)=O)c1. The van der Waals surface area contributed by atoms with E-state index in [4.69, 9.17) is 4.74 Å². The van der Waals surface area contributed by atoms with Gasteiger partial charge in [-0.2, -0.15) is 0 Å². The predicted molar refractivity (Wildman–Crippen MR) is 98.5 cm³/mol. The lowest BCUT2D eigenvalue weighted by molar-refractivity contribution is -0.387. The Balaban J connectivity index is 2.07. The van der Waals surface area contributed by atoms with Gasteiger partial charge >= 0.3 is 0 Å². The van der Waals surface area contributed by atoms with E-state index < -0.39 is 20.4 Å². The summed E-state index contributed by atoms with van der Waals surface area (Å²) >= 11 is 0. The zero-order valence-electron chi connectivity index (χ0n) is 14.6. The number of hydrogen-bond acceptors (Lipinski definition) is 6. The summed E-state index contributed by atoms with van der Waals surface area (Å²) in [5.41, 5.74) is 1.28. The van der Waals surface area contributed by atoms with Crippen LogP contribution >= 0.6 is 0 Å². The van der Waals surface area contributed by atoms with E-state index in [1.165, 1.54) is 12.1 Å². The van der Waals surface area contributed by atoms with Crippen molar-refractivity contribution in [1.29, 1.82) is 0 Å². The van der Waals surface area contributed by atoms with E-state index >= 15 is 0 Å². The van der Waals surface area contributed by atoms with Crippen LogP contribution in [0.15, 0.2) is 47.4 Å². The Kier molecular flexibility index (Phi) is 4.86. The number of nitrogens with zero attached hydrogens (tertiary/aromatic N) is 2. The van der Waals surface area contributed by atoms with Crippen LogP contribution in [-0.4, -0.2) is 33.3 Å². The van der Waals surface area contributed by atoms with E-state index in [9.17, 15) is 18.5 Å². The van der Waals surface area contributed by atoms with E-state index in [0.717, 1.165) is 37.0 Å². The van der Waals surface area contributed by atoms with Crippen molar-refractivity contribution in [3.63, 3.8) is 0 Å². The Hall–Kier alpha value is -2.61. The number of anilines is 1. The Labute approximate surface area is 152 Å². The van der Waals surface area contributed by atoms with Gasteiger partial charge in [0.25, 0.3) is 5.69 Å². The fourth-order valence-corrected chi connectivity index (χ4v) is 4.33. The smallest absolute Gasteiger partial charge is 0.288 e. The number of methoxy groups -OCH3 is 1. The van der Waals surface area contributed by atoms with Crippen LogP contribution in [0.5, 0.6) is 5.75 Å². The molecule has 0 saturated carbocycles. The van der Waals surface area contributed by atoms with Crippen LogP contribution in [0.4, 0.5) is 11.4 Å². The van der Waals surface area contributed by atoms with Gasteiger partial charge in [-0.05, 0) is 31.0 Å². The van der Waals surface area contributed by atoms with Crippen LogP contribution in [0.3, 0.4) is 0 Å². The highest BCUT2D eigenvalue weighted by molar-refractivity contribution is 7.90. The average molecular weight is 376 g/mol. The molecule has 0 N–H and O–H groups in total. The van der Waals surface area contributed by atoms with Gasteiger partial charge < -0.3 is 9.64 Å². The molecule has 1 saturated heterocycles. The normalized spacial score (nSPS) is 17.3. The lowest BCUT2D eigenvalue weighted by Crippen LogP contribution is -2.23. The monoisotopic (exact) mass is 376 g/mol. The third kappa shape index (κ3) is 3.37. The summed E-state index contributed by atoms with van der Waals surface area (Å²) in [6.45, 7) is 0.740. The summed E-state index contributed by atoms with van der Waals surface area (Å²) in [4.78, 5) is 12.3. The van der Waals surface area contributed by atoms with Crippen molar-refractivity contribution in [3.8, 4) is 5.75 Å². The number of benzene rings is 2. The van der Waals surface area contributed by atoms with Crippen LogP contribution < -0.4 is 9.64 Å². The number of rotatable bonds is 5. The minimum atomic E-state index is -3.72. The van der Waals surface area contributed by atoms with E-state index in [1.54, 1.807) is 13.2 Å². The zero-order valence-corrected chi connectivity index (χ0v) is 15.4. The third-order valence-electron chi connectivity index (χ3n) is 4.62. The molecule has 2 aromatic carbocycles. The Morgan fingerprint density at radius 3 is 2.62 bits per heavy atom. The molecule has 0 bridgehead atoms. The van der Waals surface area contributed by atoms with Gasteiger partial charge in [0, 0.05) is 30.1 Å².